The smallest absolute Gasteiger partial charge is 0.135 e. The molecule has 3 aliphatic rings. The van der Waals surface area contributed by atoms with Gasteiger partial charge in [-0.3, -0.25) is 0 Å². The van der Waals surface area contributed by atoms with E-state index in [2.05, 4.69) is 194 Å². The van der Waals surface area contributed by atoms with Crippen LogP contribution in [0.25, 0.3) is 88.0 Å². The molecule has 0 fully saturated rings. The number of hydrogen-bond donors (Lipinski definition) is 0. The van der Waals surface area contributed by atoms with E-state index < -0.39 is 5.41 Å². The van der Waals surface area contributed by atoms with Gasteiger partial charge in [0.25, 0.3) is 0 Å². The number of fused-ring (bicyclic) bond motifs is 15. The van der Waals surface area contributed by atoms with Crippen LogP contribution in [0.4, 0.5) is 0 Å². The molecule has 0 amide bonds. The second-order valence-electron chi connectivity index (χ2n) is 15.5. The minimum absolute atomic E-state index is 0.486. The number of benzene rings is 10. The van der Waals surface area contributed by atoms with E-state index in [1.807, 2.05) is 0 Å². The Kier molecular flexibility index (Phi) is 5.89. The Morgan fingerprint density at radius 2 is 0.911 bits per heavy atom. The summed E-state index contributed by atoms with van der Waals surface area (Å²) in [4.78, 5) is 0. The summed E-state index contributed by atoms with van der Waals surface area (Å²) in [5, 5.41) is 7.42. The molecule has 0 bridgehead atoms. The van der Waals surface area contributed by atoms with Crippen molar-refractivity contribution >= 4 is 32.3 Å². The standard InChI is InChI=1S/C55H32O/c1-2-16-38-33(12-1)13-9-20-39(38)46-32-37-27-26-35(36-28-29-50-45(31-36)42-21-10-14-34-15-11-25-51(56-50)52(34)42)30-44(37)54-53(46)43-19-5-8-24-49(43)55(54)47-22-6-3-17-40(47)41-18-4-7-23-48(41)55/h1-32H. The van der Waals surface area contributed by atoms with Gasteiger partial charge in [-0.15, -0.1) is 0 Å². The van der Waals surface area contributed by atoms with Gasteiger partial charge < -0.3 is 4.74 Å². The summed E-state index contributed by atoms with van der Waals surface area (Å²) in [6, 6.07) is 72.2. The van der Waals surface area contributed by atoms with Crippen molar-refractivity contribution in [2.24, 2.45) is 0 Å². The lowest BCUT2D eigenvalue weighted by Crippen LogP contribution is -2.26. The summed E-state index contributed by atoms with van der Waals surface area (Å²) in [6.45, 7) is 0. The summed E-state index contributed by atoms with van der Waals surface area (Å²) >= 11 is 0. The summed E-state index contributed by atoms with van der Waals surface area (Å²) in [7, 11) is 0. The molecule has 56 heavy (non-hydrogen) atoms. The molecule has 1 heteroatoms. The van der Waals surface area contributed by atoms with Gasteiger partial charge in [0.05, 0.1) is 5.41 Å². The van der Waals surface area contributed by atoms with Crippen molar-refractivity contribution < 1.29 is 4.74 Å². The number of rotatable bonds is 2. The van der Waals surface area contributed by atoms with E-state index in [0.717, 1.165) is 17.1 Å². The van der Waals surface area contributed by atoms with E-state index in [-0.39, 0.29) is 0 Å². The van der Waals surface area contributed by atoms with Gasteiger partial charge in [-0.2, -0.15) is 0 Å². The molecule has 0 N–H and O–H groups in total. The zero-order valence-electron chi connectivity index (χ0n) is 30.4. The summed E-state index contributed by atoms with van der Waals surface area (Å²) in [6.07, 6.45) is 0. The monoisotopic (exact) mass is 708 g/mol. The average molecular weight is 709 g/mol. The molecule has 1 heterocycles. The van der Waals surface area contributed by atoms with E-state index in [9.17, 15) is 0 Å². The molecule has 0 aromatic heterocycles. The van der Waals surface area contributed by atoms with Gasteiger partial charge in [-0.05, 0) is 130 Å². The molecule has 0 radical (unpaired) electrons. The lowest BCUT2D eigenvalue weighted by molar-refractivity contribution is 0.487. The van der Waals surface area contributed by atoms with Crippen molar-refractivity contribution in [3.8, 4) is 67.1 Å². The van der Waals surface area contributed by atoms with Crippen LogP contribution < -0.4 is 4.74 Å². The molecule has 0 atom stereocenters. The van der Waals surface area contributed by atoms with E-state index in [4.69, 9.17) is 4.74 Å². The van der Waals surface area contributed by atoms with Crippen molar-refractivity contribution in [1.29, 1.82) is 0 Å². The highest BCUT2D eigenvalue weighted by Crippen LogP contribution is 2.65. The Balaban J connectivity index is 1.15. The van der Waals surface area contributed by atoms with Crippen LogP contribution in [0.3, 0.4) is 0 Å². The molecule has 1 nitrogen and oxygen atoms in total. The van der Waals surface area contributed by atoms with Gasteiger partial charge in [-0.1, -0.05) is 164 Å². The molecule has 0 unspecified atom stereocenters. The fraction of sp³-hybridized carbons (Fsp3) is 0.0182. The topological polar surface area (TPSA) is 9.23 Å². The molecule has 258 valence electrons. The molecule has 13 rings (SSSR count). The van der Waals surface area contributed by atoms with E-state index in [1.165, 1.54) is 105 Å². The van der Waals surface area contributed by atoms with Crippen LogP contribution in [0, 0.1) is 0 Å². The van der Waals surface area contributed by atoms with E-state index in [1.54, 1.807) is 0 Å². The Morgan fingerprint density at radius 3 is 1.71 bits per heavy atom. The Morgan fingerprint density at radius 1 is 0.321 bits per heavy atom. The van der Waals surface area contributed by atoms with Gasteiger partial charge in [0.2, 0.25) is 0 Å². The Hall–Kier alpha value is -7.22. The minimum Gasteiger partial charge on any atom is -0.456 e. The van der Waals surface area contributed by atoms with Crippen molar-refractivity contribution in [2.75, 3.05) is 0 Å². The fourth-order valence-electron chi connectivity index (χ4n) is 10.6. The largest absolute Gasteiger partial charge is 0.456 e. The fourth-order valence-corrected chi connectivity index (χ4v) is 10.6. The van der Waals surface area contributed by atoms with E-state index in [0.29, 0.717) is 0 Å². The first-order valence-electron chi connectivity index (χ1n) is 19.5. The maximum Gasteiger partial charge on any atom is 0.135 e. The molecule has 0 saturated carbocycles. The zero-order valence-corrected chi connectivity index (χ0v) is 30.4. The molecule has 0 saturated heterocycles. The van der Waals surface area contributed by atoms with Gasteiger partial charge in [0.15, 0.2) is 0 Å². The van der Waals surface area contributed by atoms with Crippen LogP contribution in [0.15, 0.2) is 194 Å². The first kappa shape index (κ1) is 30.1. The number of hydrogen-bond acceptors (Lipinski definition) is 1. The van der Waals surface area contributed by atoms with Crippen molar-refractivity contribution in [3.63, 3.8) is 0 Å². The lowest BCUT2D eigenvalue weighted by atomic mass is 9.69. The van der Waals surface area contributed by atoms with Crippen molar-refractivity contribution in [2.45, 2.75) is 5.41 Å². The van der Waals surface area contributed by atoms with Crippen LogP contribution in [-0.4, -0.2) is 0 Å². The highest BCUT2D eigenvalue weighted by Gasteiger charge is 2.53. The third-order valence-electron chi connectivity index (χ3n) is 12.8. The highest BCUT2D eigenvalue weighted by atomic mass is 16.5. The van der Waals surface area contributed by atoms with Crippen LogP contribution in [-0.2, 0) is 5.41 Å². The van der Waals surface area contributed by atoms with Crippen molar-refractivity contribution in [3.05, 3.63) is 216 Å². The number of ether oxygens (including phenoxy) is 1. The second kappa shape index (κ2) is 10.9. The second-order valence-corrected chi connectivity index (χ2v) is 15.5. The SMILES string of the molecule is c1ccc2c(c1)-c1ccccc1C21c2ccccc2-c2c(-c3cccc4ccccc34)cc3ccc(-c4ccc5c(c4)-c4cccc6cccc(c46)O5)cc3c21. The third-order valence-corrected chi connectivity index (χ3v) is 12.8. The molecular weight excluding hydrogens is 677 g/mol. The first-order valence-corrected chi connectivity index (χ1v) is 19.5. The summed E-state index contributed by atoms with van der Waals surface area (Å²) in [5.41, 5.74) is 17.5. The average Bonchev–Trinajstić information content (AvgIpc) is 3.74. The maximum absolute atomic E-state index is 6.52. The van der Waals surface area contributed by atoms with Gasteiger partial charge in [0, 0.05) is 10.9 Å². The predicted octanol–water partition coefficient (Wildman–Crippen LogP) is 14.6. The molecular formula is C55H32O. The predicted molar refractivity (Wildman–Crippen MR) is 232 cm³/mol. The van der Waals surface area contributed by atoms with Crippen LogP contribution in [0.5, 0.6) is 11.5 Å². The Bertz CT molecular complexity index is 3290. The van der Waals surface area contributed by atoms with Crippen LogP contribution in [0.1, 0.15) is 22.3 Å². The molecule has 10 aromatic rings. The summed E-state index contributed by atoms with van der Waals surface area (Å²) < 4.78 is 6.52. The van der Waals surface area contributed by atoms with Gasteiger partial charge in [-0.25, -0.2) is 0 Å². The molecule has 10 aromatic carbocycles. The minimum atomic E-state index is -0.486. The zero-order chi connectivity index (χ0) is 36.5. The Labute approximate surface area is 324 Å². The van der Waals surface area contributed by atoms with Gasteiger partial charge >= 0.3 is 0 Å². The molecule has 1 aliphatic heterocycles. The third kappa shape index (κ3) is 3.79. The van der Waals surface area contributed by atoms with Gasteiger partial charge in [0.1, 0.15) is 11.5 Å². The van der Waals surface area contributed by atoms with Crippen molar-refractivity contribution in [1.82, 2.24) is 0 Å². The first-order chi connectivity index (χ1) is 27.8. The highest BCUT2D eigenvalue weighted by molar-refractivity contribution is 6.13. The normalized spacial score (nSPS) is 13.6. The molecule has 2 aliphatic carbocycles. The van der Waals surface area contributed by atoms with E-state index >= 15 is 0 Å². The lowest BCUT2D eigenvalue weighted by Gasteiger charge is -2.32. The summed E-state index contributed by atoms with van der Waals surface area (Å²) in [5.74, 6) is 1.82. The van der Waals surface area contributed by atoms with Crippen LogP contribution >= 0.6 is 0 Å². The maximum atomic E-state index is 6.52. The van der Waals surface area contributed by atoms with Crippen LogP contribution in [0.2, 0.25) is 0 Å². The molecule has 1 spiro atoms. The quantitative estimate of drug-likeness (QED) is 0.174.